The summed E-state index contributed by atoms with van der Waals surface area (Å²) in [6.07, 6.45) is 2.70. The molecule has 1 heteroatoms. The molecule has 1 fully saturated rings. The van der Waals surface area contributed by atoms with Crippen LogP contribution in [0.3, 0.4) is 0 Å². The van der Waals surface area contributed by atoms with E-state index in [1.807, 2.05) is 0 Å². The van der Waals surface area contributed by atoms with Crippen LogP contribution >= 0.6 is 0 Å². The van der Waals surface area contributed by atoms with Gasteiger partial charge < -0.3 is 5.32 Å². The second kappa shape index (κ2) is 5.21. The van der Waals surface area contributed by atoms with Crippen LogP contribution in [-0.4, -0.2) is 12.1 Å². The third-order valence-corrected chi connectivity index (χ3v) is 4.51. The number of fused-ring (bicyclic) bond motifs is 1. The van der Waals surface area contributed by atoms with Gasteiger partial charge in [-0.1, -0.05) is 42.5 Å². The van der Waals surface area contributed by atoms with Crippen LogP contribution in [0.4, 0.5) is 0 Å². The van der Waals surface area contributed by atoms with Gasteiger partial charge in [0.1, 0.15) is 0 Å². The lowest BCUT2D eigenvalue weighted by molar-refractivity contribution is 0.226. The molecule has 1 aliphatic rings. The molecule has 20 heavy (non-hydrogen) atoms. The van der Waals surface area contributed by atoms with Gasteiger partial charge in [0, 0.05) is 5.54 Å². The van der Waals surface area contributed by atoms with Gasteiger partial charge in [0.15, 0.2) is 0 Å². The first-order chi connectivity index (χ1) is 9.53. The lowest BCUT2D eigenvalue weighted by Gasteiger charge is -2.39. The summed E-state index contributed by atoms with van der Waals surface area (Å²) in [5.74, 6) is 1.55. The van der Waals surface area contributed by atoms with Crippen LogP contribution in [0, 0.1) is 5.92 Å². The molecule has 0 heterocycles. The average molecular weight is 267 g/mol. The molecule has 1 aliphatic carbocycles. The molecule has 2 aromatic rings. The minimum atomic E-state index is 0.226. The third-order valence-electron chi connectivity index (χ3n) is 4.51. The Bertz CT molecular complexity index is 594. The molecule has 1 nitrogen and oxygen atoms in total. The van der Waals surface area contributed by atoms with Gasteiger partial charge in [0.25, 0.3) is 0 Å². The van der Waals surface area contributed by atoms with Crippen molar-refractivity contribution in [2.24, 2.45) is 5.92 Å². The van der Waals surface area contributed by atoms with E-state index >= 15 is 0 Å². The van der Waals surface area contributed by atoms with E-state index in [0.717, 1.165) is 18.4 Å². The van der Waals surface area contributed by atoms with Crippen molar-refractivity contribution >= 4 is 10.8 Å². The van der Waals surface area contributed by atoms with Crippen LogP contribution in [0.25, 0.3) is 10.8 Å². The minimum Gasteiger partial charge on any atom is -0.312 e. The fraction of sp³-hybridized carbons (Fsp3) is 0.474. The van der Waals surface area contributed by atoms with E-state index in [2.05, 4.69) is 68.6 Å². The maximum absolute atomic E-state index is 3.66. The van der Waals surface area contributed by atoms with Crippen molar-refractivity contribution in [2.75, 3.05) is 6.54 Å². The summed E-state index contributed by atoms with van der Waals surface area (Å²) in [7, 11) is 0. The van der Waals surface area contributed by atoms with Crippen molar-refractivity contribution in [3.05, 3.63) is 48.0 Å². The molecule has 0 radical (unpaired) electrons. The van der Waals surface area contributed by atoms with E-state index in [4.69, 9.17) is 0 Å². The molecule has 0 amide bonds. The van der Waals surface area contributed by atoms with Crippen LogP contribution < -0.4 is 5.32 Å². The number of nitrogens with one attached hydrogen (secondary N) is 1. The Morgan fingerprint density at radius 3 is 2.40 bits per heavy atom. The standard InChI is InChI=1S/C19H25N/c1-19(2,3)20-13-17-10-11-18(17)16-9-8-14-6-4-5-7-15(14)12-16/h4-9,12,17-18,20H,10-11,13H2,1-3H3. The van der Waals surface area contributed by atoms with Gasteiger partial charge in [-0.2, -0.15) is 0 Å². The SMILES string of the molecule is CC(C)(C)NCC1CCC1c1ccc2ccccc2c1. The maximum atomic E-state index is 3.66. The molecular weight excluding hydrogens is 242 g/mol. The second-order valence-electron chi connectivity index (χ2n) is 7.18. The zero-order valence-corrected chi connectivity index (χ0v) is 12.8. The Morgan fingerprint density at radius 1 is 1.00 bits per heavy atom. The van der Waals surface area contributed by atoms with E-state index in [1.165, 1.54) is 29.2 Å². The lowest BCUT2D eigenvalue weighted by atomic mass is 9.69. The summed E-state index contributed by atoms with van der Waals surface area (Å²) in [5.41, 5.74) is 1.75. The summed E-state index contributed by atoms with van der Waals surface area (Å²) >= 11 is 0. The van der Waals surface area contributed by atoms with Gasteiger partial charge in [-0.3, -0.25) is 0 Å². The summed E-state index contributed by atoms with van der Waals surface area (Å²) in [6.45, 7) is 7.88. The quantitative estimate of drug-likeness (QED) is 0.848. The Morgan fingerprint density at radius 2 is 1.75 bits per heavy atom. The van der Waals surface area contributed by atoms with Crippen LogP contribution in [0.2, 0.25) is 0 Å². The summed E-state index contributed by atoms with van der Waals surface area (Å²) in [6, 6.07) is 15.7. The normalized spacial score (nSPS) is 22.8. The van der Waals surface area contributed by atoms with Gasteiger partial charge in [0.05, 0.1) is 0 Å². The minimum absolute atomic E-state index is 0.226. The predicted octanol–water partition coefficient (Wildman–Crippen LogP) is 4.72. The van der Waals surface area contributed by atoms with Gasteiger partial charge in [-0.05, 0) is 68.3 Å². The van der Waals surface area contributed by atoms with Crippen molar-refractivity contribution < 1.29 is 0 Å². The number of hydrogen-bond donors (Lipinski definition) is 1. The molecule has 0 bridgehead atoms. The zero-order valence-electron chi connectivity index (χ0n) is 12.8. The van der Waals surface area contributed by atoms with Crippen LogP contribution in [-0.2, 0) is 0 Å². The average Bonchev–Trinajstić information content (AvgIpc) is 2.36. The zero-order chi connectivity index (χ0) is 14.2. The monoisotopic (exact) mass is 267 g/mol. The van der Waals surface area contributed by atoms with Crippen molar-refractivity contribution in [1.29, 1.82) is 0 Å². The third kappa shape index (κ3) is 2.88. The van der Waals surface area contributed by atoms with Gasteiger partial charge >= 0.3 is 0 Å². The Hall–Kier alpha value is -1.34. The molecule has 0 aromatic heterocycles. The highest BCUT2D eigenvalue weighted by atomic mass is 14.9. The van der Waals surface area contributed by atoms with Crippen molar-refractivity contribution in [3.8, 4) is 0 Å². The van der Waals surface area contributed by atoms with E-state index in [-0.39, 0.29) is 5.54 Å². The molecule has 1 saturated carbocycles. The van der Waals surface area contributed by atoms with Crippen molar-refractivity contribution in [1.82, 2.24) is 5.32 Å². The Balaban J connectivity index is 1.74. The first kappa shape index (κ1) is 13.6. The van der Waals surface area contributed by atoms with Gasteiger partial charge in [0.2, 0.25) is 0 Å². The molecule has 2 unspecified atom stereocenters. The van der Waals surface area contributed by atoms with E-state index in [1.54, 1.807) is 0 Å². The van der Waals surface area contributed by atoms with E-state index in [9.17, 15) is 0 Å². The summed E-state index contributed by atoms with van der Waals surface area (Å²) < 4.78 is 0. The highest BCUT2D eigenvalue weighted by Crippen LogP contribution is 2.42. The molecule has 3 rings (SSSR count). The van der Waals surface area contributed by atoms with Gasteiger partial charge in [-0.15, -0.1) is 0 Å². The smallest absolute Gasteiger partial charge is 0.00966 e. The number of rotatable bonds is 3. The Kier molecular flexibility index (Phi) is 3.55. The molecule has 2 aromatic carbocycles. The Labute approximate surface area is 122 Å². The van der Waals surface area contributed by atoms with Crippen molar-refractivity contribution in [3.63, 3.8) is 0 Å². The highest BCUT2D eigenvalue weighted by Gasteiger charge is 2.32. The molecule has 0 spiro atoms. The molecular formula is C19H25N. The number of benzene rings is 2. The topological polar surface area (TPSA) is 12.0 Å². The van der Waals surface area contributed by atoms with E-state index < -0.39 is 0 Å². The predicted molar refractivity (Wildman–Crippen MR) is 87.2 cm³/mol. The van der Waals surface area contributed by atoms with Crippen LogP contribution in [0.5, 0.6) is 0 Å². The molecule has 0 aliphatic heterocycles. The lowest BCUT2D eigenvalue weighted by Crippen LogP contribution is -2.42. The first-order valence-electron chi connectivity index (χ1n) is 7.77. The molecule has 2 atom stereocenters. The van der Waals surface area contributed by atoms with E-state index in [0.29, 0.717) is 0 Å². The molecule has 0 saturated heterocycles. The molecule has 106 valence electrons. The second-order valence-corrected chi connectivity index (χ2v) is 7.18. The molecule has 1 N–H and O–H groups in total. The first-order valence-corrected chi connectivity index (χ1v) is 7.77. The van der Waals surface area contributed by atoms with Crippen molar-refractivity contribution in [2.45, 2.75) is 45.1 Å². The van der Waals surface area contributed by atoms with Gasteiger partial charge in [-0.25, -0.2) is 0 Å². The fourth-order valence-corrected chi connectivity index (χ4v) is 3.13. The maximum Gasteiger partial charge on any atom is 0.00966 e. The number of hydrogen-bond acceptors (Lipinski definition) is 1. The van der Waals surface area contributed by atoms with Crippen LogP contribution in [0.1, 0.15) is 45.1 Å². The fourth-order valence-electron chi connectivity index (χ4n) is 3.13. The van der Waals surface area contributed by atoms with Crippen LogP contribution in [0.15, 0.2) is 42.5 Å². The summed E-state index contributed by atoms with van der Waals surface area (Å²) in [5, 5.41) is 6.38. The summed E-state index contributed by atoms with van der Waals surface area (Å²) in [4.78, 5) is 0. The largest absolute Gasteiger partial charge is 0.312 e. The highest BCUT2D eigenvalue weighted by molar-refractivity contribution is 5.83.